The van der Waals surface area contributed by atoms with Gasteiger partial charge in [-0.3, -0.25) is 9.69 Å². The highest BCUT2D eigenvalue weighted by atomic mass is 16.2. The minimum Gasteiger partial charge on any atom is -0.385 e. The molecular weight excluding hydrogens is 262 g/mol. The molecule has 1 unspecified atom stereocenters. The van der Waals surface area contributed by atoms with Crippen LogP contribution in [0.1, 0.15) is 33.1 Å². The van der Waals surface area contributed by atoms with Crippen LogP contribution in [0.25, 0.3) is 0 Å². The van der Waals surface area contributed by atoms with E-state index >= 15 is 0 Å². The Hall–Kier alpha value is -1.55. The van der Waals surface area contributed by atoms with Crippen molar-refractivity contribution in [3.8, 4) is 0 Å². The van der Waals surface area contributed by atoms with Gasteiger partial charge in [-0.15, -0.1) is 0 Å². The van der Waals surface area contributed by atoms with Gasteiger partial charge in [0, 0.05) is 31.0 Å². The number of likely N-dealkylation sites (tertiary alicyclic amines) is 1. The summed E-state index contributed by atoms with van der Waals surface area (Å²) in [4.78, 5) is 16.6. The standard InChI is InChI=1S/C17H27N3O/c1-4-18-15-9-7-10-16(12-15)19(3)17(21)13-20-11-6-5-8-14(20)2/h7,9-10,12,14,18H,4-6,8,11,13H2,1-3H3. The number of nitrogens with one attached hydrogen (secondary N) is 1. The highest BCUT2D eigenvalue weighted by Crippen LogP contribution is 2.20. The quantitative estimate of drug-likeness (QED) is 0.905. The van der Waals surface area contributed by atoms with Gasteiger partial charge in [-0.25, -0.2) is 0 Å². The number of carbonyl (C=O) groups is 1. The largest absolute Gasteiger partial charge is 0.385 e. The van der Waals surface area contributed by atoms with E-state index in [0.717, 1.165) is 24.5 Å². The molecule has 1 fully saturated rings. The van der Waals surface area contributed by atoms with E-state index in [-0.39, 0.29) is 5.91 Å². The lowest BCUT2D eigenvalue weighted by Crippen LogP contribution is -2.44. The molecule has 0 aromatic heterocycles. The lowest BCUT2D eigenvalue weighted by Gasteiger charge is -2.33. The first kappa shape index (κ1) is 15.8. The average molecular weight is 289 g/mol. The van der Waals surface area contributed by atoms with Crippen molar-refractivity contribution in [3.05, 3.63) is 24.3 Å². The number of hydrogen-bond acceptors (Lipinski definition) is 3. The van der Waals surface area contributed by atoms with Crippen molar-refractivity contribution in [1.82, 2.24) is 4.90 Å². The van der Waals surface area contributed by atoms with E-state index in [1.54, 1.807) is 4.90 Å². The van der Waals surface area contributed by atoms with Crippen LogP contribution >= 0.6 is 0 Å². The maximum atomic E-state index is 12.5. The smallest absolute Gasteiger partial charge is 0.240 e. The fourth-order valence-corrected chi connectivity index (χ4v) is 2.84. The van der Waals surface area contributed by atoms with E-state index in [1.165, 1.54) is 19.3 Å². The van der Waals surface area contributed by atoms with Gasteiger partial charge in [0.05, 0.1) is 6.54 Å². The zero-order chi connectivity index (χ0) is 15.2. The topological polar surface area (TPSA) is 35.6 Å². The molecule has 1 N–H and O–H groups in total. The Bertz CT molecular complexity index is 475. The summed E-state index contributed by atoms with van der Waals surface area (Å²) in [6.07, 6.45) is 3.69. The second kappa shape index (κ2) is 7.46. The molecule has 21 heavy (non-hydrogen) atoms. The lowest BCUT2D eigenvalue weighted by atomic mass is 10.0. The van der Waals surface area contributed by atoms with Crippen LogP contribution in [-0.4, -0.2) is 43.5 Å². The van der Waals surface area contributed by atoms with Gasteiger partial charge in [0.1, 0.15) is 0 Å². The number of amides is 1. The minimum atomic E-state index is 0.164. The Morgan fingerprint density at radius 3 is 2.95 bits per heavy atom. The first-order valence-electron chi connectivity index (χ1n) is 7.96. The van der Waals surface area contributed by atoms with E-state index in [1.807, 2.05) is 31.3 Å². The minimum absolute atomic E-state index is 0.164. The molecule has 0 radical (unpaired) electrons. The predicted molar refractivity (Wildman–Crippen MR) is 88.9 cm³/mol. The highest BCUT2D eigenvalue weighted by molar-refractivity contribution is 5.94. The predicted octanol–water partition coefficient (Wildman–Crippen LogP) is 2.96. The Balaban J connectivity index is 1.99. The molecule has 4 heteroatoms. The van der Waals surface area contributed by atoms with Gasteiger partial charge in [0.25, 0.3) is 0 Å². The molecular formula is C17H27N3O. The monoisotopic (exact) mass is 289 g/mol. The summed E-state index contributed by atoms with van der Waals surface area (Å²) in [6, 6.07) is 8.54. The van der Waals surface area contributed by atoms with Gasteiger partial charge in [0.15, 0.2) is 0 Å². The number of carbonyl (C=O) groups excluding carboxylic acids is 1. The van der Waals surface area contributed by atoms with Crippen LogP contribution in [0.15, 0.2) is 24.3 Å². The molecule has 0 bridgehead atoms. The summed E-state index contributed by atoms with van der Waals surface area (Å²) in [5.74, 6) is 0.164. The van der Waals surface area contributed by atoms with Gasteiger partial charge in [-0.2, -0.15) is 0 Å². The van der Waals surface area contributed by atoms with Crippen molar-refractivity contribution in [2.45, 2.75) is 39.2 Å². The van der Waals surface area contributed by atoms with Gasteiger partial charge >= 0.3 is 0 Å². The Kier molecular flexibility index (Phi) is 5.62. The molecule has 1 aromatic rings. The molecule has 2 rings (SSSR count). The van der Waals surface area contributed by atoms with Gasteiger partial charge in [-0.05, 0) is 51.4 Å². The number of piperidine rings is 1. The van der Waals surface area contributed by atoms with Crippen LogP contribution in [0.5, 0.6) is 0 Å². The molecule has 4 nitrogen and oxygen atoms in total. The highest BCUT2D eigenvalue weighted by Gasteiger charge is 2.22. The maximum Gasteiger partial charge on any atom is 0.240 e. The van der Waals surface area contributed by atoms with E-state index in [9.17, 15) is 4.79 Å². The Labute approximate surface area is 128 Å². The van der Waals surface area contributed by atoms with E-state index < -0.39 is 0 Å². The van der Waals surface area contributed by atoms with Crippen molar-refractivity contribution in [3.63, 3.8) is 0 Å². The third kappa shape index (κ3) is 4.21. The molecule has 116 valence electrons. The zero-order valence-corrected chi connectivity index (χ0v) is 13.4. The third-order valence-corrected chi connectivity index (χ3v) is 4.27. The number of likely N-dealkylation sites (N-methyl/N-ethyl adjacent to an activating group) is 1. The van der Waals surface area contributed by atoms with Crippen LogP contribution in [0.2, 0.25) is 0 Å². The number of anilines is 2. The molecule has 1 saturated heterocycles. The number of rotatable bonds is 5. The summed E-state index contributed by atoms with van der Waals surface area (Å²) in [6.45, 7) is 6.73. The maximum absolute atomic E-state index is 12.5. The second-order valence-corrected chi connectivity index (χ2v) is 5.85. The Morgan fingerprint density at radius 1 is 1.43 bits per heavy atom. The molecule has 1 heterocycles. The molecule has 1 amide bonds. The molecule has 1 atom stereocenters. The Morgan fingerprint density at radius 2 is 2.24 bits per heavy atom. The molecule has 0 aliphatic carbocycles. The summed E-state index contributed by atoms with van der Waals surface area (Å²) in [7, 11) is 1.86. The van der Waals surface area contributed by atoms with Crippen LogP contribution < -0.4 is 10.2 Å². The van der Waals surface area contributed by atoms with Crippen molar-refractivity contribution < 1.29 is 4.79 Å². The fraction of sp³-hybridized carbons (Fsp3) is 0.588. The molecule has 1 aliphatic rings. The summed E-state index contributed by atoms with van der Waals surface area (Å²) >= 11 is 0. The van der Waals surface area contributed by atoms with Crippen LogP contribution in [-0.2, 0) is 4.79 Å². The molecule has 1 aliphatic heterocycles. The average Bonchev–Trinajstić information content (AvgIpc) is 2.49. The summed E-state index contributed by atoms with van der Waals surface area (Å²) < 4.78 is 0. The van der Waals surface area contributed by atoms with Crippen LogP contribution in [0.3, 0.4) is 0 Å². The third-order valence-electron chi connectivity index (χ3n) is 4.27. The summed E-state index contributed by atoms with van der Waals surface area (Å²) in [5, 5.41) is 3.28. The first-order chi connectivity index (χ1) is 10.1. The van der Waals surface area contributed by atoms with Crippen LogP contribution in [0.4, 0.5) is 11.4 Å². The first-order valence-corrected chi connectivity index (χ1v) is 7.96. The molecule has 0 saturated carbocycles. The fourth-order valence-electron chi connectivity index (χ4n) is 2.84. The number of nitrogens with zero attached hydrogens (tertiary/aromatic N) is 2. The van der Waals surface area contributed by atoms with E-state index in [0.29, 0.717) is 12.6 Å². The summed E-state index contributed by atoms with van der Waals surface area (Å²) in [5.41, 5.74) is 2.00. The van der Waals surface area contributed by atoms with Crippen molar-refractivity contribution in [1.29, 1.82) is 0 Å². The number of hydrogen-bond donors (Lipinski definition) is 1. The van der Waals surface area contributed by atoms with Crippen molar-refractivity contribution >= 4 is 17.3 Å². The van der Waals surface area contributed by atoms with Gasteiger partial charge in [0.2, 0.25) is 5.91 Å². The van der Waals surface area contributed by atoms with Crippen molar-refractivity contribution in [2.75, 3.05) is 36.9 Å². The van der Waals surface area contributed by atoms with Gasteiger partial charge in [-0.1, -0.05) is 12.5 Å². The van der Waals surface area contributed by atoms with E-state index in [2.05, 4.69) is 24.1 Å². The van der Waals surface area contributed by atoms with Crippen molar-refractivity contribution in [2.24, 2.45) is 0 Å². The molecule has 0 spiro atoms. The number of benzene rings is 1. The van der Waals surface area contributed by atoms with Gasteiger partial charge < -0.3 is 10.2 Å². The lowest BCUT2D eigenvalue weighted by molar-refractivity contribution is -0.120. The second-order valence-electron chi connectivity index (χ2n) is 5.85. The zero-order valence-electron chi connectivity index (χ0n) is 13.4. The van der Waals surface area contributed by atoms with Crippen LogP contribution in [0, 0.1) is 0 Å². The SMILES string of the molecule is CCNc1cccc(N(C)C(=O)CN2CCCCC2C)c1. The normalized spacial score (nSPS) is 19.3. The van der Waals surface area contributed by atoms with E-state index in [4.69, 9.17) is 0 Å². The molecule has 1 aromatic carbocycles.